The minimum absolute atomic E-state index is 0.0265. The maximum absolute atomic E-state index is 13.2. The predicted octanol–water partition coefficient (Wildman–Crippen LogP) is 3.58. The van der Waals surface area contributed by atoms with Crippen LogP contribution in [0.3, 0.4) is 0 Å². The fourth-order valence-electron chi connectivity index (χ4n) is 5.00. The number of hydrogen-bond acceptors (Lipinski definition) is 6. The monoisotopic (exact) mass is 529 g/mol. The van der Waals surface area contributed by atoms with E-state index in [1.165, 1.54) is 28.9 Å². The highest BCUT2D eigenvalue weighted by Crippen LogP contribution is 2.28. The summed E-state index contributed by atoms with van der Waals surface area (Å²) in [6, 6.07) is 18.2. The Morgan fingerprint density at radius 1 is 0.974 bits per heavy atom. The van der Waals surface area contributed by atoms with Crippen LogP contribution in [0.25, 0.3) is 22.4 Å². The Labute approximate surface area is 225 Å². The second kappa shape index (κ2) is 10.9. The van der Waals surface area contributed by atoms with Gasteiger partial charge in [0.25, 0.3) is 5.56 Å². The van der Waals surface area contributed by atoms with Crippen molar-refractivity contribution in [1.29, 1.82) is 0 Å². The van der Waals surface area contributed by atoms with Gasteiger partial charge in [-0.15, -0.1) is 0 Å². The molecule has 38 heavy (non-hydrogen) atoms. The van der Waals surface area contributed by atoms with Crippen LogP contribution >= 0.6 is 11.8 Å². The lowest BCUT2D eigenvalue weighted by Crippen LogP contribution is -2.40. The third-order valence-electron chi connectivity index (χ3n) is 7.21. The number of carbonyl (C=O) groups is 1. The highest BCUT2D eigenvalue weighted by molar-refractivity contribution is 8.00. The summed E-state index contributed by atoms with van der Waals surface area (Å²) in [6.07, 6.45) is 2.98. The van der Waals surface area contributed by atoms with Crippen molar-refractivity contribution < 1.29 is 4.79 Å². The lowest BCUT2D eigenvalue weighted by Gasteiger charge is -2.32. The molecule has 9 heteroatoms. The van der Waals surface area contributed by atoms with Crippen molar-refractivity contribution in [2.24, 2.45) is 20.0 Å². The van der Waals surface area contributed by atoms with Gasteiger partial charge in [0.1, 0.15) is 10.4 Å². The second-order valence-electron chi connectivity index (χ2n) is 9.93. The number of piperidine rings is 1. The molecule has 0 unspecified atom stereocenters. The second-order valence-corrected chi connectivity index (χ2v) is 10.9. The van der Waals surface area contributed by atoms with Gasteiger partial charge in [-0.05, 0) is 43.7 Å². The third-order valence-corrected chi connectivity index (χ3v) is 8.17. The minimum atomic E-state index is -0.462. The number of thioether (sulfide) groups is 1. The van der Waals surface area contributed by atoms with E-state index in [1.807, 2.05) is 42.2 Å². The smallest absolute Gasteiger partial charge is 0.332 e. The van der Waals surface area contributed by atoms with Crippen LogP contribution in [-0.2, 0) is 25.3 Å². The quantitative estimate of drug-likeness (QED) is 0.280. The summed E-state index contributed by atoms with van der Waals surface area (Å²) in [7, 11) is 3.04. The van der Waals surface area contributed by atoms with Crippen molar-refractivity contribution in [3.8, 4) is 11.4 Å². The number of rotatable bonds is 6. The summed E-state index contributed by atoms with van der Waals surface area (Å²) in [5.74, 6) is 1.18. The molecule has 196 valence electrons. The van der Waals surface area contributed by atoms with Gasteiger partial charge in [0.05, 0.1) is 5.75 Å². The topological polar surface area (TPSA) is 90.1 Å². The number of benzene rings is 2. The van der Waals surface area contributed by atoms with Crippen molar-refractivity contribution in [3.05, 3.63) is 86.6 Å². The molecule has 1 fully saturated rings. The molecule has 0 bridgehead atoms. The molecule has 1 amide bonds. The molecule has 0 radical (unpaired) electrons. The molecule has 3 heterocycles. The van der Waals surface area contributed by atoms with Gasteiger partial charge in [0.2, 0.25) is 5.91 Å². The zero-order valence-corrected chi connectivity index (χ0v) is 22.7. The molecular weight excluding hydrogens is 498 g/mol. The fourth-order valence-corrected chi connectivity index (χ4v) is 5.92. The number of amides is 1. The minimum Gasteiger partial charge on any atom is -0.342 e. The Kier molecular flexibility index (Phi) is 7.46. The van der Waals surface area contributed by atoms with Crippen molar-refractivity contribution in [1.82, 2.24) is 24.0 Å². The number of hydrogen-bond donors (Lipinski definition) is 0. The van der Waals surface area contributed by atoms with Crippen LogP contribution in [-0.4, -0.2) is 48.8 Å². The average Bonchev–Trinajstić information content (AvgIpc) is 2.94. The van der Waals surface area contributed by atoms with Crippen LogP contribution in [0.2, 0.25) is 0 Å². The Morgan fingerprint density at radius 2 is 1.71 bits per heavy atom. The SMILES string of the molecule is Cc1cccc(-c2nc(SCC(=O)N3CCC(Cc4ccccc4)CC3)c3c(=O)n(C)c(=O)n(C)c3n2)c1. The van der Waals surface area contributed by atoms with E-state index in [1.54, 1.807) is 7.05 Å². The first-order chi connectivity index (χ1) is 18.3. The Bertz CT molecular complexity index is 1600. The zero-order valence-electron chi connectivity index (χ0n) is 21.9. The van der Waals surface area contributed by atoms with E-state index in [4.69, 9.17) is 4.98 Å². The first-order valence-corrected chi connectivity index (χ1v) is 13.8. The van der Waals surface area contributed by atoms with E-state index >= 15 is 0 Å². The normalized spacial score (nSPS) is 14.2. The number of nitrogens with zero attached hydrogens (tertiary/aromatic N) is 5. The Hall–Kier alpha value is -3.72. The lowest BCUT2D eigenvalue weighted by molar-refractivity contribution is -0.129. The molecule has 0 atom stereocenters. The molecule has 2 aromatic carbocycles. The summed E-state index contributed by atoms with van der Waals surface area (Å²) >= 11 is 1.23. The number of likely N-dealkylation sites (tertiary alicyclic amines) is 1. The molecule has 0 spiro atoms. The molecule has 1 saturated heterocycles. The average molecular weight is 530 g/mol. The number of fused-ring (bicyclic) bond motifs is 1. The molecule has 5 rings (SSSR count). The maximum atomic E-state index is 13.2. The first kappa shape index (κ1) is 25.9. The standard InChI is InChI=1S/C29H31N5O3S/c1-19-8-7-11-22(16-19)25-30-26-24(28(36)33(3)29(37)32(26)2)27(31-25)38-18-23(35)34-14-12-21(13-15-34)17-20-9-5-4-6-10-20/h4-11,16,21H,12-15,17-18H2,1-3H3. The van der Waals surface area contributed by atoms with Crippen molar-refractivity contribution >= 4 is 28.7 Å². The molecule has 0 aliphatic carbocycles. The fraction of sp³-hybridized carbons (Fsp3) is 0.345. The van der Waals surface area contributed by atoms with Gasteiger partial charge in [0.15, 0.2) is 11.5 Å². The highest BCUT2D eigenvalue weighted by Gasteiger charge is 2.24. The van der Waals surface area contributed by atoms with Gasteiger partial charge in [-0.1, -0.05) is 65.9 Å². The summed E-state index contributed by atoms with van der Waals surface area (Å²) < 4.78 is 2.42. The van der Waals surface area contributed by atoms with Crippen LogP contribution in [0.1, 0.15) is 24.0 Å². The van der Waals surface area contributed by atoms with Gasteiger partial charge in [-0.3, -0.25) is 18.7 Å². The predicted molar refractivity (Wildman–Crippen MR) is 150 cm³/mol. The molecule has 0 saturated carbocycles. The van der Waals surface area contributed by atoms with Crippen molar-refractivity contribution in [3.63, 3.8) is 0 Å². The summed E-state index contributed by atoms with van der Waals surface area (Å²) in [6.45, 7) is 3.44. The van der Waals surface area contributed by atoms with Gasteiger partial charge in [-0.25, -0.2) is 14.8 Å². The van der Waals surface area contributed by atoms with Crippen LogP contribution in [0.4, 0.5) is 0 Å². The largest absolute Gasteiger partial charge is 0.342 e. The maximum Gasteiger partial charge on any atom is 0.332 e. The molecule has 0 N–H and O–H groups in total. The van der Waals surface area contributed by atoms with E-state index in [0.717, 1.165) is 48.0 Å². The van der Waals surface area contributed by atoms with Gasteiger partial charge < -0.3 is 4.90 Å². The lowest BCUT2D eigenvalue weighted by atomic mass is 9.90. The number of aromatic nitrogens is 4. The van der Waals surface area contributed by atoms with Gasteiger partial charge in [-0.2, -0.15) is 0 Å². The first-order valence-electron chi connectivity index (χ1n) is 12.8. The van der Waals surface area contributed by atoms with Crippen molar-refractivity contribution in [2.45, 2.75) is 31.2 Å². The van der Waals surface area contributed by atoms with E-state index in [0.29, 0.717) is 16.8 Å². The third kappa shape index (κ3) is 5.29. The van der Waals surface area contributed by atoms with Crippen molar-refractivity contribution in [2.75, 3.05) is 18.8 Å². The van der Waals surface area contributed by atoms with Gasteiger partial charge >= 0.3 is 5.69 Å². The summed E-state index contributed by atoms with van der Waals surface area (Å²) in [5.41, 5.74) is 2.51. The molecule has 1 aliphatic heterocycles. The molecular formula is C29H31N5O3S. The Balaban J connectivity index is 1.37. The molecule has 8 nitrogen and oxygen atoms in total. The molecule has 2 aromatic heterocycles. The van der Waals surface area contributed by atoms with E-state index in [2.05, 4.69) is 29.2 Å². The Morgan fingerprint density at radius 3 is 2.42 bits per heavy atom. The van der Waals surface area contributed by atoms with E-state index in [-0.39, 0.29) is 22.7 Å². The van der Waals surface area contributed by atoms with Crippen LogP contribution in [0.15, 0.2) is 69.2 Å². The van der Waals surface area contributed by atoms with Crippen LogP contribution in [0.5, 0.6) is 0 Å². The molecule has 1 aliphatic rings. The van der Waals surface area contributed by atoms with E-state index < -0.39 is 11.2 Å². The number of carbonyl (C=O) groups excluding carboxylic acids is 1. The van der Waals surface area contributed by atoms with Crippen LogP contribution in [0, 0.1) is 12.8 Å². The van der Waals surface area contributed by atoms with Gasteiger partial charge in [0, 0.05) is 32.7 Å². The zero-order chi connectivity index (χ0) is 26.8. The summed E-state index contributed by atoms with van der Waals surface area (Å²) in [5, 5.41) is 0.667. The van der Waals surface area contributed by atoms with Crippen LogP contribution < -0.4 is 11.2 Å². The van der Waals surface area contributed by atoms with E-state index in [9.17, 15) is 14.4 Å². The molecule has 4 aromatic rings. The summed E-state index contributed by atoms with van der Waals surface area (Å²) in [4.78, 5) is 50.1. The highest BCUT2D eigenvalue weighted by atomic mass is 32.2. The number of aryl methyl sites for hydroxylation is 2.